The summed E-state index contributed by atoms with van der Waals surface area (Å²) < 4.78 is 6.07. The number of aliphatic hydroxyl groups is 2. The molecule has 1 aliphatic heterocycles. The Balaban J connectivity index is 2.53. The van der Waals surface area contributed by atoms with Crippen molar-refractivity contribution in [3.8, 4) is 12.3 Å². The average molecular weight is 302 g/mol. The van der Waals surface area contributed by atoms with Crippen molar-refractivity contribution in [2.75, 3.05) is 0 Å². The number of alkyl halides is 1. The van der Waals surface area contributed by atoms with Crippen molar-refractivity contribution in [3.05, 3.63) is 27.0 Å². The fourth-order valence-corrected chi connectivity index (χ4v) is 2.27. The normalized spacial score (nSPS) is 34.6. The number of nitrogens with one attached hydrogen (secondary N) is 1. The molecule has 8 nitrogen and oxygen atoms in total. The lowest BCUT2D eigenvalue weighted by molar-refractivity contribution is -0.0810. The van der Waals surface area contributed by atoms with E-state index >= 15 is 0 Å². The van der Waals surface area contributed by atoms with Gasteiger partial charge in [0, 0.05) is 0 Å². The van der Waals surface area contributed by atoms with Gasteiger partial charge in [-0.15, -0.1) is 6.42 Å². The van der Waals surface area contributed by atoms with Gasteiger partial charge in [-0.2, -0.15) is 9.78 Å². The molecule has 1 aliphatic rings. The van der Waals surface area contributed by atoms with E-state index in [4.69, 9.17) is 22.8 Å². The number of aliphatic hydroxyl groups excluding tert-OH is 2. The number of rotatable bonds is 2. The molecule has 3 N–H and O–H groups in total. The van der Waals surface area contributed by atoms with E-state index in [1.807, 2.05) is 4.98 Å². The van der Waals surface area contributed by atoms with Crippen LogP contribution >= 0.6 is 11.6 Å². The first-order chi connectivity index (χ1) is 9.31. The molecule has 0 aromatic carbocycles. The lowest BCUT2D eigenvalue weighted by atomic mass is 9.97. The molecule has 0 spiro atoms. The Hall–Kier alpha value is -1.66. The standard InChI is InChI=1S/C11H12ClN3O5/c1-3-11(12)8(18)7(5(2)16)20-9(11)15-10(19)14-6(17)4-13-15/h1,4-5,7-9,16,18H,2H3,(H,14,17,19)/t5-,7-,8+,9-,11?/m1/s1. The van der Waals surface area contributed by atoms with Crippen molar-refractivity contribution in [1.29, 1.82) is 0 Å². The molecule has 108 valence electrons. The third kappa shape index (κ3) is 2.14. The Morgan fingerprint density at radius 1 is 1.70 bits per heavy atom. The van der Waals surface area contributed by atoms with Crippen molar-refractivity contribution < 1.29 is 14.9 Å². The summed E-state index contributed by atoms with van der Waals surface area (Å²) in [6, 6.07) is 0. The minimum atomic E-state index is -1.79. The molecule has 2 rings (SSSR count). The zero-order valence-electron chi connectivity index (χ0n) is 10.4. The third-order valence-corrected chi connectivity index (χ3v) is 3.56. The van der Waals surface area contributed by atoms with Gasteiger partial charge in [0.25, 0.3) is 5.56 Å². The first-order valence-electron chi connectivity index (χ1n) is 5.67. The maximum atomic E-state index is 11.7. The van der Waals surface area contributed by atoms with Crippen LogP contribution in [0.2, 0.25) is 0 Å². The van der Waals surface area contributed by atoms with E-state index in [1.165, 1.54) is 6.92 Å². The SMILES string of the molecule is C#CC1(Cl)[C@@H](O)[C@@H]([C@@H](C)O)O[C@H]1n1ncc(=O)[nH]c1=O. The van der Waals surface area contributed by atoms with Crippen LogP contribution in [-0.2, 0) is 4.74 Å². The van der Waals surface area contributed by atoms with E-state index in [0.29, 0.717) is 0 Å². The van der Waals surface area contributed by atoms with E-state index in [1.54, 1.807) is 0 Å². The minimum Gasteiger partial charge on any atom is -0.391 e. The minimum absolute atomic E-state index is 0.697. The number of H-pyrrole nitrogens is 1. The van der Waals surface area contributed by atoms with Crippen LogP contribution < -0.4 is 11.2 Å². The van der Waals surface area contributed by atoms with Crippen LogP contribution in [0, 0.1) is 12.3 Å². The number of nitrogens with zero attached hydrogens (tertiary/aromatic N) is 2. The predicted molar refractivity (Wildman–Crippen MR) is 68.1 cm³/mol. The van der Waals surface area contributed by atoms with Gasteiger partial charge in [0.05, 0.1) is 6.10 Å². The molecule has 9 heteroatoms. The molecule has 0 radical (unpaired) electrons. The monoisotopic (exact) mass is 301 g/mol. The van der Waals surface area contributed by atoms with Crippen molar-refractivity contribution in [1.82, 2.24) is 14.8 Å². The zero-order valence-corrected chi connectivity index (χ0v) is 11.1. The summed E-state index contributed by atoms with van der Waals surface area (Å²) in [6.45, 7) is 1.38. The Kier molecular flexibility index (Phi) is 3.71. The van der Waals surface area contributed by atoms with Crippen LogP contribution in [0.4, 0.5) is 0 Å². The van der Waals surface area contributed by atoms with E-state index in [9.17, 15) is 19.8 Å². The fraction of sp³-hybridized carbons (Fsp3) is 0.545. The fourth-order valence-electron chi connectivity index (χ4n) is 2.01. The van der Waals surface area contributed by atoms with Gasteiger partial charge in [-0.05, 0) is 6.92 Å². The second-order valence-corrected chi connectivity index (χ2v) is 5.06. The zero-order chi connectivity index (χ0) is 15.1. The average Bonchev–Trinajstić information content (AvgIpc) is 2.64. The van der Waals surface area contributed by atoms with Crippen molar-refractivity contribution in [3.63, 3.8) is 0 Å². The van der Waals surface area contributed by atoms with Gasteiger partial charge in [0.15, 0.2) is 11.1 Å². The van der Waals surface area contributed by atoms with Gasteiger partial charge < -0.3 is 14.9 Å². The van der Waals surface area contributed by atoms with Gasteiger partial charge in [-0.1, -0.05) is 17.5 Å². The van der Waals surface area contributed by atoms with Crippen LogP contribution in [0.1, 0.15) is 13.2 Å². The van der Waals surface area contributed by atoms with Crippen LogP contribution in [0.25, 0.3) is 0 Å². The maximum absolute atomic E-state index is 11.7. The van der Waals surface area contributed by atoms with Crippen LogP contribution in [0.15, 0.2) is 15.8 Å². The van der Waals surface area contributed by atoms with Gasteiger partial charge in [0.2, 0.25) is 0 Å². The molecule has 5 atom stereocenters. The van der Waals surface area contributed by atoms with Gasteiger partial charge in [0.1, 0.15) is 18.4 Å². The lowest BCUT2D eigenvalue weighted by Gasteiger charge is -2.24. The van der Waals surface area contributed by atoms with Crippen LogP contribution in [0.3, 0.4) is 0 Å². The van der Waals surface area contributed by atoms with E-state index < -0.39 is 40.7 Å². The largest absolute Gasteiger partial charge is 0.391 e. The summed E-state index contributed by atoms with van der Waals surface area (Å²) in [5, 5.41) is 23.2. The number of halogens is 1. The maximum Gasteiger partial charge on any atom is 0.347 e. The second-order valence-electron chi connectivity index (χ2n) is 4.43. The first kappa shape index (κ1) is 14.7. The molecule has 0 amide bonds. The number of terminal acetylenes is 1. The molecule has 1 aromatic heterocycles. The topological polar surface area (TPSA) is 117 Å². The van der Waals surface area contributed by atoms with E-state index in [-0.39, 0.29) is 0 Å². The molecule has 1 unspecified atom stereocenters. The highest BCUT2D eigenvalue weighted by Gasteiger charge is 2.57. The quantitative estimate of drug-likeness (QED) is 0.437. The van der Waals surface area contributed by atoms with Crippen molar-refractivity contribution in [2.24, 2.45) is 0 Å². The molecule has 0 saturated carbocycles. The van der Waals surface area contributed by atoms with Crippen LogP contribution in [0.5, 0.6) is 0 Å². The summed E-state index contributed by atoms with van der Waals surface area (Å²) in [6.07, 6.45) is 1.26. The Bertz CT molecular complexity index is 663. The highest BCUT2D eigenvalue weighted by molar-refractivity contribution is 6.27. The van der Waals surface area contributed by atoms with E-state index in [0.717, 1.165) is 10.9 Å². The molecule has 1 saturated heterocycles. The summed E-state index contributed by atoms with van der Waals surface area (Å²) >= 11 is 6.14. The van der Waals surface area contributed by atoms with Crippen molar-refractivity contribution >= 4 is 11.6 Å². The molecular weight excluding hydrogens is 290 g/mol. The molecule has 0 aliphatic carbocycles. The van der Waals surface area contributed by atoms with Gasteiger partial charge in [-0.25, -0.2) is 4.79 Å². The van der Waals surface area contributed by atoms with Gasteiger partial charge >= 0.3 is 5.69 Å². The Morgan fingerprint density at radius 2 is 2.35 bits per heavy atom. The first-order valence-corrected chi connectivity index (χ1v) is 6.05. The smallest absolute Gasteiger partial charge is 0.347 e. The molecule has 1 fully saturated rings. The summed E-state index contributed by atoms with van der Waals surface area (Å²) in [5.74, 6) is 2.15. The third-order valence-electron chi connectivity index (χ3n) is 3.04. The summed E-state index contributed by atoms with van der Waals surface area (Å²) in [4.78, 5) is 22.9. The molecular formula is C11H12ClN3O5. The number of aromatic nitrogens is 3. The number of aromatic amines is 1. The van der Waals surface area contributed by atoms with E-state index in [2.05, 4.69) is 11.0 Å². The number of hydrogen-bond donors (Lipinski definition) is 3. The van der Waals surface area contributed by atoms with Gasteiger partial charge in [-0.3, -0.25) is 9.78 Å². The van der Waals surface area contributed by atoms with Crippen molar-refractivity contribution in [2.45, 2.75) is 36.3 Å². The molecule has 20 heavy (non-hydrogen) atoms. The Labute approximate surface area is 118 Å². The lowest BCUT2D eigenvalue weighted by Crippen LogP contribution is -2.45. The molecule has 2 heterocycles. The number of hydrogen-bond acceptors (Lipinski definition) is 6. The highest BCUT2D eigenvalue weighted by Crippen LogP contribution is 2.43. The molecule has 1 aromatic rings. The Morgan fingerprint density at radius 3 is 2.85 bits per heavy atom. The highest BCUT2D eigenvalue weighted by atomic mass is 35.5. The summed E-state index contributed by atoms with van der Waals surface area (Å²) in [5.41, 5.74) is -1.58. The summed E-state index contributed by atoms with van der Waals surface area (Å²) in [7, 11) is 0. The van der Waals surface area contributed by atoms with Crippen LogP contribution in [-0.4, -0.2) is 48.2 Å². The predicted octanol–water partition coefficient (Wildman–Crippen LogP) is -1.82. The number of ether oxygens (including phenoxy) is 1. The second kappa shape index (κ2) is 5.03. The molecule has 0 bridgehead atoms.